The van der Waals surface area contributed by atoms with E-state index >= 15 is 0 Å². The van der Waals surface area contributed by atoms with Gasteiger partial charge in [-0.05, 0) is 65.0 Å². The summed E-state index contributed by atoms with van der Waals surface area (Å²) in [5.74, 6) is 8.93. The summed E-state index contributed by atoms with van der Waals surface area (Å²) in [4.78, 5) is 40.1. The van der Waals surface area contributed by atoms with Crippen LogP contribution in [0.4, 0.5) is 0 Å². The second-order valence-electron chi connectivity index (χ2n) is 5.93. The molecule has 0 unspecified atom stereocenters. The van der Waals surface area contributed by atoms with E-state index in [9.17, 15) is 19.2 Å². The number of methoxy groups -OCH3 is 1. The normalized spacial score (nSPS) is 8.29. The maximum Gasteiger partial charge on any atom is 0.333 e. The second kappa shape index (κ2) is 49.7. The molecule has 0 bridgehead atoms. The zero-order valence-electron chi connectivity index (χ0n) is 25.0. The number of cyclic esters (lactones) is 1. The van der Waals surface area contributed by atoms with Crippen molar-refractivity contribution in [2.75, 3.05) is 13.7 Å². The van der Waals surface area contributed by atoms with Gasteiger partial charge in [-0.2, -0.15) is 0 Å². The van der Waals surface area contributed by atoms with Gasteiger partial charge in [-0.15, -0.1) is 31.9 Å². The lowest BCUT2D eigenvalue weighted by Gasteiger charge is -1.88. The Morgan fingerprint density at radius 2 is 1.45 bits per heavy atom. The molecule has 0 aromatic rings. The molecule has 1 aliphatic heterocycles. The Morgan fingerprint density at radius 3 is 1.50 bits per heavy atom. The third kappa shape index (κ3) is 85.5. The molecule has 0 saturated carbocycles. The van der Waals surface area contributed by atoms with E-state index in [2.05, 4.69) is 72.5 Å². The van der Waals surface area contributed by atoms with Crippen LogP contribution >= 0.6 is 0 Å². The first-order valence-corrected chi connectivity index (χ1v) is 11.4. The first-order valence-electron chi connectivity index (χ1n) is 11.4. The standard InChI is InChI=1S/C5H6O2.C5H8O2.C5H8O.C5H4.C4H6O.C3H6.C3H4.C2H6/c1-4-2-3-7-5(4)6;1-3-4-5(6)7-2;1-4(2)5(3)6;1-3-5-4-2;1-3-4(2)5;2*1-3-2;1-2/h1-3H2;3H,1,4H2,2H3;1H2,2-3H3;1H,2H3;3H,1H2,2H3;3H,1H2,2H3;1H,2H3;1-2H3. The van der Waals surface area contributed by atoms with Gasteiger partial charge in [0.2, 0.25) is 0 Å². The molecule has 0 amide bonds. The zero-order chi connectivity index (χ0) is 31.9. The largest absolute Gasteiger partial charge is 0.469 e. The van der Waals surface area contributed by atoms with E-state index in [-0.39, 0.29) is 23.5 Å². The SMILES string of the molecule is C#CC.C#CC#CC.C=C(C)C(C)=O.C=C1CCOC1=O.C=CC.C=CC(C)=O.C=CCC(=O)OC.CC. The Morgan fingerprint density at radius 1 is 1.08 bits per heavy atom. The number of carbonyl (C=O) groups is 4. The lowest BCUT2D eigenvalue weighted by atomic mass is 10.3. The quantitative estimate of drug-likeness (QED) is 0.176. The molecule has 0 aromatic carbocycles. The molecule has 38 heavy (non-hydrogen) atoms. The number of carbonyl (C=O) groups excluding carboxylic acids is 4. The number of esters is 2. The van der Waals surface area contributed by atoms with Crippen molar-refractivity contribution in [1.29, 1.82) is 0 Å². The average molecular weight is 529 g/mol. The van der Waals surface area contributed by atoms with Crippen molar-refractivity contribution in [3.05, 3.63) is 62.3 Å². The van der Waals surface area contributed by atoms with Crippen molar-refractivity contribution in [2.45, 2.75) is 68.2 Å². The molecule has 0 radical (unpaired) electrons. The van der Waals surface area contributed by atoms with Gasteiger partial charge in [-0.25, -0.2) is 4.79 Å². The highest BCUT2D eigenvalue weighted by Crippen LogP contribution is 2.08. The topological polar surface area (TPSA) is 86.7 Å². The van der Waals surface area contributed by atoms with Gasteiger partial charge in [0.1, 0.15) is 0 Å². The molecule has 0 aromatic heterocycles. The number of Topliss-reactive ketones (excluding diaryl/α,β-unsaturated/α-hetero) is 1. The van der Waals surface area contributed by atoms with Gasteiger partial charge in [0.05, 0.1) is 20.1 Å². The Hall–Kier alpha value is -4.34. The average Bonchev–Trinajstić information content (AvgIpc) is 3.25. The third-order valence-corrected chi connectivity index (χ3v) is 2.55. The number of allylic oxidation sites excluding steroid dienone is 3. The van der Waals surface area contributed by atoms with E-state index in [4.69, 9.17) is 6.42 Å². The van der Waals surface area contributed by atoms with Crippen LogP contribution in [0.2, 0.25) is 0 Å². The molecular weight excluding hydrogens is 480 g/mol. The minimum Gasteiger partial charge on any atom is -0.469 e. The summed E-state index contributed by atoms with van der Waals surface area (Å²) in [5.41, 5.74) is 1.22. The van der Waals surface area contributed by atoms with Gasteiger partial charge in [-0.1, -0.05) is 51.7 Å². The summed E-state index contributed by atoms with van der Waals surface area (Å²) in [6, 6.07) is 0. The summed E-state index contributed by atoms with van der Waals surface area (Å²) in [5, 5.41) is 0. The molecule has 0 spiro atoms. The van der Waals surface area contributed by atoms with Crippen LogP contribution in [0.25, 0.3) is 0 Å². The Bertz CT molecular complexity index is 808. The highest BCUT2D eigenvalue weighted by molar-refractivity contribution is 5.91. The molecule has 6 nitrogen and oxygen atoms in total. The van der Waals surface area contributed by atoms with Crippen molar-refractivity contribution < 1.29 is 28.7 Å². The summed E-state index contributed by atoms with van der Waals surface area (Å²) in [6.45, 7) is 31.2. The number of hydrogen-bond donors (Lipinski definition) is 0. The van der Waals surface area contributed by atoms with E-state index in [1.807, 2.05) is 20.8 Å². The highest BCUT2D eigenvalue weighted by atomic mass is 16.5. The third-order valence-electron chi connectivity index (χ3n) is 2.55. The Labute approximate surface area is 233 Å². The predicted molar refractivity (Wildman–Crippen MR) is 162 cm³/mol. The van der Waals surface area contributed by atoms with Gasteiger partial charge < -0.3 is 9.47 Å². The minimum absolute atomic E-state index is 0.0185. The fourth-order valence-corrected chi connectivity index (χ4v) is 0.744. The molecule has 212 valence electrons. The molecule has 0 N–H and O–H groups in total. The first kappa shape index (κ1) is 50.5. The van der Waals surface area contributed by atoms with Crippen LogP contribution in [0, 0.1) is 36.5 Å². The zero-order valence-corrected chi connectivity index (χ0v) is 25.0. The van der Waals surface area contributed by atoms with Crippen LogP contribution in [-0.4, -0.2) is 37.2 Å². The molecule has 1 heterocycles. The van der Waals surface area contributed by atoms with Crippen LogP contribution in [0.15, 0.2) is 62.3 Å². The fourth-order valence-electron chi connectivity index (χ4n) is 0.744. The monoisotopic (exact) mass is 528 g/mol. The summed E-state index contributed by atoms with van der Waals surface area (Å²) >= 11 is 0. The highest BCUT2D eigenvalue weighted by Gasteiger charge is 2.14. The summed E-state index contributed by atoms with van der Waals surface area (Å²) in [7, 11) is 1.35. The number of terminal acetylenes is 2. The van der Waals surface area contributed by atoms with Crippen molar-refractivity contribution in [2.24, 2.45) is 0 Å². The fraction of sp³-hybridized carbons (Fsp3) is 0.375. The van der Waals surface area contributed by atoms with E-state index in [0.29, 0.717) is 30.6 Å². The predicted octanol–water partition coefficient (Wildman–Crippen LogP) is 6.64. The molecule has 0 atom stereocenters. The van der Waals surface area contributed by atoms with Crippen LogP contribution in [0.1, 0.15) is 68.2 Å². The van der Waals surface area contributed by atoms with Crippen LogP contribution < -0.4 is 0 Å². The van der Waals surface area contributed by atoms with Crippen LogP contribution in [0.5, 0.6) is 0 Å². The van der Waals surface area contributed by atoms with Crippen molar-refractivity contribution in [3.63, 3.8) is 0 Å². The number of hydrogen-bond acceptors (Lipinski definition) is 6. The summed E-state index contributed by atoms with van der Waals surface area (Å²) in [6.07, 6.45) is 14.9. The first-order chi connectivity index (χ1) is 17.8. The number of rotatable bonds is 4. The maximum absolute atomic E-state index is 10.3. The van der Waals surface area contributed by atoms with Gasteiger partial charge in [0.25, 0.3) is 0 Å². The van der Waals surface area contributed by atoms with Gasteiger partial charge in [-0.3, -0.25) is 14.4 Å². The molecule has 0 aliphatic carbocycles. The Balaban J connectivity index is -0.0000000595. The van der Waals surface area contributed by atoms with Crippen LogP contribution in [-0.2, 0) is 28.7 Å². The van der Waals surface area contributed by atoms with Crippen molar-refractivity contribution >= 4 is 23.5 Å². The lowest BCUT2D eigenvalue weighted by Crippen LogP contribution is -1.95. The molecule has 1 rings (SSSR count). The minimum atomic E-state index is -0.241. The van der Waals surface area contributed by atoms with E-state index in [1.54, 1.807) is 26.8 Å². The Kier molecular flexibility index (Phi) is 66.1. The van der Waals surface area contributed by atoms with Gasteiger partial charge >= 0.3 is 11.9 Å². The van der Waals surface area contributed by atoms with Gasteiger partial charge in [0, 0.05) is 12.0 Å². The molecule has 1 fully saturated rings. The second-order valence-corrected chi connectivity index (χ2v) is 5.93. The maximum atomic E-state index is 10.3. The number of ketones is 2. The van der Waals surface area contributed by atoms with Gasteiger partial charge in [0.15, 0.2) is 11.6 Å². The van der Waals surface area contributed by atoms with Crippen LogP contribution in [0.3, 0.4) is 0 Å². The number of ether oxygens (including phenoxy) is 2. The molecule has 6 heteroatoms. The molecule has 1 saturated heterocycles. The lowest BCUT2D eigenvalue weighted by molar-refractivity contribution is -0.139. The molecule has 1 aliphatic rings. The van der Waals surface area contributed by atoms with E-state index < -0.39 is 0 Å². The van der Waals surface area contributed by atoms with E-state index in [0.717, 1.165) is 0 Å². The summed E-state index contributed by atoms with van der Waals surface area (Å²) < 4.78 is 8.81. The van der Waals surface area contributed by atoms with Crippen molar-refractivity contribution in [1.82, 2.24) is 0 Å². The van der Waals surface area contributed by atoms with E-state index in [1.165, 1.54) is 33.1 Å². The molecular formula is C32H48O6. The smallest absolute Gasteiger partial charge is 0.333 e. The van der Waals surface area contributed by atoms with Crippen molar-refractivity contribution in [3.8, 4) is 36.5 Å².